The molecule has 1 heterocycles. The largest absolute Gasteiger partial charge is 0.478 e. The van der Waals surface area contributed by atoms with E-state index in [2.05, 4.69) is 10.3 Å². The molecular formula is C16H10F6N2O3. The van der Waals surface area contributed by atoms with Crippen molar-refractivity contribution in [1.82, 2.24) is 4.98 Å². The summed E-state index contributed by atoms with van der Waals surface area (Å²) in [5.41, 5.74) is -6.22. The summed E-state index contributed by atoms with van der Waals surface area (Å²) in [4.78, 5) is 27.3. The number of carbonyl (C=O) groups excluding carboxylic acids is 1. The van der Waals surface area contributed by atoms with Crippen molar-refractivity contribution >= 4 is 17.7 Å². The number of pyridine rings is 1. The minimum atomic E-state index is -5.47. The van der Waals surface area contributed by atoms with Gasteiger partial charge in [0.05, 0.1) is 22.3 Å². The Morgan fingerprint density at radius 2 is 1.48 bits per heavy atom. The summed E-state index contributed by atoms with van der Waals surface area (Å²) >= 11 is 0. The van der Waals surface area contributed by atoms with Crippen LogP contribution in [0.1, 0.15) is 37.5 Å². The first-order valence-electron chi connectivity index (χ1n) is 7.11. The van der Waals surface area contributed by atoms with Crippen molar-refractivity contribution < 1.29 is 41.0 Å². The molecule has 2 N–H and O–H groups in total. The number of nitrogens with zero attached hydrogens (tertiary/aromatic N) is 1. The maximum absolute atomic E-state index is 13.0. The third-order valence-electron chi connectivity index (χ3n) is 3.37. The van der Waals surface area contributed by atoms with Crippen LogP contribution >= 0.6 is 0 Å². The molecule has 0 spiro atoms. The Hall–Kier alpha value is -3.11. The summed E-state index contributed by atoms with van der Waals surface area (Å²) in [6.07, 6.45) is -10.9. The third-order valence-corrected chi connectivity index (χ3v) is 3.37. The average Bonchev–Trinajstić information content (AvgIpc) is 2.51. The summed E-state index contributed by atoms with van der Waals surface area (Å²) in [5, 5.41) is 11.1. The number of nitrogens with one attached hydrogen (secondary N) is 1. The van der Waals surface area contributed by atoms with Gasteiger partial charge in [-0.3, -0.25) is 4.79 Å². The first-order valence-corrected chi connectivity index (χ1v) is 7.11. The van der Waals surface area contributed by atoms with Crippen LogP contribution in [0.15, 0.2) is 30.3 Å². The molecule has 1 aromatic carbocycles. The van der Waals surface area contributed by atoms with E-state index in [0.29, 0.717) is 5.69 Å². The van der Waals surface area contributed by atoms with E-state index in [-0.39, 0.29) is 18.0 Å². The maximum Gasteiger partial charge on any atom is 0.417 e. The fourth-order valence-corrected chi connectivity index (χ4v) is 2.23. The number of carboxylic acid groups (broad SMARTS) is 1. The smallest absolute Gasteiger partial charge is 0.417 e. The van der Waals surface area contributed by atoms with Gasteiger partial charge in [-0.15, -0.1) is 0 Å². The summed E-state index contributed by atoms with van der Waals surface area (Å²) in [7, 11) is 0. The van der Waals surface area contributed by atoms with Gasteiger partial charge in [0.2, 0.25) is 0 Å². The number of aryl methyl sites for hydroxylation is 1. The van der Waals surface area contributed by atoms with Crippen LogP contribution < -0.4 is 5.32 Å². The number of aromatic carboxylic acids is 1. The number of carboxylic acids is 1. The SMILES string of the molecule is Cc1cccc(NC(=O)c2cc(C(F)(F)F)c(C(F)(F)F)cc2C(=O)O)n1. The Morgan fingerprint density at radius 1 is 0.963 bits per heavy atom. The minimum absolute atomic E-state index is 0.107. The predicted molar refractivity (Wildman–Crippen MR) is 80.3 cm³/mol. The van der Waals surface area contributed by atoms with E-state index in [1.807, 2.05) is 0 Å². The Kier molecular flexibility index (Phi) is 5.16. The number of carbonyl (C=O) groups is 2. The molecule has 0 bridgehead atoms. The Bertz CT molecular complexity index is 906. The molecule has 11 heteroatoms. The van der Waals surface area contributed by atoms with Gasteiger partial charge in [-0.25, -0.2) is 9.78 Å². The van der Waals surface area contributed by atoms with Crippen LogP contribution in [0.5, 0.6) is 0 Å². The van der Waals surface area contributed by atoms with E-state index in [9.17, 15) is 35.9 Å². The highest BCUT2D eigenvalue weighted by atomic mass is 19.4. The topological polar surface area (TPSA) is 79.3 Å². The molecule has 0 aliphatic carbocycles. The molecule has 0 unspecified atom stereocenters. The standard InChI is InChI=1S/C16H10F6N2O3/c1-7-3-2-4-12(23-7)24-13(25)8-5-10(15(17,18)19)11(16(20,21)22)6-9(8)14(26)27/h2-6H,1H3,(H,26,27)(H,23,24,25). The van der Waals surface area contributed by atoms with Gasteiger partial charge in [-0.1, -0.05) is 6.07 Å². The Morgan fingerprint density at radius 3 is 1.93 bits per heavy atom. The van der Waals surface area contributed by atoms with Gasteiger partial charge in [0, 0.05) is 5.69 Å². The molecule has 0 saturated heterocycles. The first-order chi connectivity index (χ1) is 12.3. The monoisotopic (exact) mass is 392 g/mol. The molecule has 0 atom stereocenters. The second kappa shape index (κ2) is 6.89. The fraction of sp³-hybridized carbons (Fsp3) is 0.188. The van der Waals surface area contributed by atoms with Gasteiger partial charge in [0.15, 0.2) is 0 Å². The Labute approximate surface area is 147 Å². The number of hydrogen-bond donors (Lipinski definition) is 2. The van der Waals surface area contributed by atoms with Gasteiger partial charge in [-0.2, -0.15) is 26.3 Å². The van der Waals surface area contributed by atoms with Crippen LogP contribution in [0.4, 0.5) is 32.2 Å². The lowest BCUT2D eigenvalue weighted by Gasteiger charge is -2.18. The summed E-state index contributed by atoms with van der Waals surface area (Å²) in [5.74, 6) is -3.44. The van der Waals surface area contributed by atoms with Gasteiger partial charge >= 0.3 is 18.3 Å². The van der Waals surface area contributed by atoms with Crippen molar-refractivity contribution in [3.8, 4) is 0 Å². The van der Waals surface area contributed by atoms with Crippen molar-refractivity contribution in [3.63, 3.8) is 0 Å². The second-order valence-corrected chi connectivity index (χ2v) is 5.36. The highest BCUT2D eigenvalue weighted by Crippen LogP contribution is 2.41. The molecule has 0 aliphatic heterocycles. The molecule has 1 amide bonds. The van der Waals surface area contributed by atoms with Crippen LogP contribution in [0, 0.1) is 6.92 Å². The molecule has 0 radical (unpaired) electrons. The van der Waals surface area contributed by atoms with Crippen LogP contribution in [-0.2, 0) is 12.4 Å². The van der Waals surface area contributed by atoms with E-state index in [1.54, 1.807) is 13.0 Å². The van der Waals surface area contributed by atoms with Gasteiger partial charge in [0.1, 0.15) is 5.82 Å². The predicted octanol–water partition coefficient (Wildman–Crippen LogP) is 4.38. The van der Waals surface area contributed by atoms with Crippen LogP contribution in [0.3, 0.4) is 0 Å². The van der Waals surface area contributed by atoms with Crippen LogP contribution in [-0.4, -0.2) is 22.0 Å². The first kappa shape index (κ1) is 20.2. The molecule has 27 heavy (non-hydrogen) atoms. The third kappa shape index (κ3) is 4.54. The summed E-state index contributed by atoms with van der Waals surface area (Å²) in [6, 6.07) is 3.96. The number of benzene rings is 1. The minimum Gasteiger partial charge on any atom is -0.478 e. The van der Waals surface area contributed by atoms with Gasteiger partial charge < -0.3 is 10.4 Å². The van der Waals surface area contributed by atoms with E-state index in [4.69, 9.17) is 5.11 Å². The second-order valence-electron chi connectivity index (χ2n) is 5.36. The zero-order chi connectivity index (χ0) is 20.6. The number of amides is 1. The van der Waals surface area contributed by atoms with Crippen molar-refractivity contribution in [3.05, 3.63) is 58.3 Å². The lowest BCUT2D eigenvalue weighted by atomic mass is 9.96. The molecule has 144 valence electrons. The lowest BCUT2D eigenvalue weighted by Crippen LogP contribution is -2.23. The van der Waals surface area contributed by atoms with Crippen molar-refractivity contribution in [2.45, 2.75) is 19.3 Å². The van der Waals surface area contributed by atoms with E-state index >= 15 is 0 Å². The number of rotatable bonds is 3. The molecule has 0 aliphatic rings. The summed E-state index contributed by atoms with van der Waals surface area (Å²) < 4.78 is 78.0. The number of halogens is 6. The van der Waals surface area contributed by atoms with E-state index < -0.39 is 46.5 Å². The van der Waals surface area contributed by atoms with Crippen molar-refractivity contribution in [2.24, 2.45) is 0 Å². The van der Waals surface area contributed by atoms with Gasteiger partial charge in [0.25, 0.3) is 5.91 Å². The maximum atomic E-state index is 13.0. The van der Waals surface area contributed by atoms with Crippen molar-refractivity contribution in [2.75, 3.05) is 5.32 Å². The highest BCUT2D eigenvalue weighted by molar-refractivity contribution is 6.10. The number of hydrogen-bond acceptors (Lipinski definition) is 3. The Balaban J connectivity index is 2.64. The molecular weight excluding hydrogens is 382 g/mol. The zero-order valence-corrected chi connectivity index (χ0v) is 13.4. The zero-order valence-electron chi connectivity index (χ0n) is 13.4. The molecule has 0 fully saturated rings. The van der Waals surface area contributed by atoms with E-state index in [1.165, 1.54) is 12.1 Å². The normalized spacial score (nSPS) is 12.0. The van der Waals surface area contributed by atoms with Crippen LogP contribution in [0.25, 0.3) is 0 Å². The van der Waals surface area contributed by atoms with Gasteiger partial charge in [-0.05, 0) is 31.2 Å². The molecule has 2 aromatic rings. The fourth-order valence-electron chi connectivity index (χ4n) is 2.23. The highest BCUT2D eigenvalue weighted by Gasteiger charge is 2.44. The van der Waals surface area contributed by atoms with Crippen molar-refractivity contribution in [1.29, 1.82) is 0 Å². The lowest BCUT2D eigenvalue weighted by molar-refractivity contribution is -0.162. The number of alkyl halides is 6. The molecule has 5 nitrogen and oxygen atoms in total. The number of anilines is 1. The molecule has 0 saturated carbocycles. The summed E-state index contributed by atoms with van der Waals surface area (Å²) in [6.45, 7) is 1.55. The number of aromatic nitrogens is 1. The molecule has 1 aromatic heterocycles. The molecule has 2 rings (SSSR count). The average molecular weight is 392 g/mol. The van der Waals surface area contributed by atoms with E-state index in [0.717, 1.165) is 0 Å². The van der Waals surface area contributed by atoms with Crippen LogP contribution in [0.2, 0.25) is 0 Å². The quantitative estimate of drug-likeness (QED) is 0.760.